The van der Waals surface area contributed by atoms with E-state index in [1.165, 1.54) is 23.5 Å². The average Bonchev–Trinajstić information content (AvgIpc) is 2.88. The first-order chi connectivity index (χ1) is 19.7. The Bertz CT molecular complexity index is 1150. The number of thioether (sulfide) groups is 2. The standard InChI is InChI=1S/C22H31F10N3O6S2.2CH4/c1-18(23,24)20(27,28)22(31,32)41-21(29,30)19(25,26)14-35-16(39)33(6-2-10-42-12-4-8-36)15(38)34(17(35)40)7-3-11-43-13-5-9-37;;/h36-37H,2-14H2,1H3;2*1H4. The number of ether oxygens (including phenoxy) is 1. The van der Waals surface area contributed by atoms with E-state index in [1.54, 1.807) is 0 Å². The molecule has 21 heteroatoms. The molecule has 0 amide bonds. The maximum absolute atomic E-state index is 14.6. The fourth-order valence-corrected chi connectivity index (χ4v) is 4.97. The highest BCUT2D eigenvalue weighted by molar-refractivity contribution is 7.99. The van der Waals surface area contributed by atoms with Gasteiger partial charge in [-0.3, -0.25) is 0 Å². The minimum absolute atomic E-state index is 0. The molecule has 0 saturated carbocycles. The van der Waals surface area contributed by atoms with Gasteiger partial charge in [-0.2, -0.15) is 67.4 Å². The lowest BCUT2D eigenvalue weighted by Gasteiger charge is -2.34. The van der Waals surface area contributed by atoms with Crippen molar-refractivity contribution < 1.29 is 58.9 Å². The van der Waals surface area contributed by atoms with Crippen molar-refractivity contribution in [3.05, 3.63) is 31.5 Å². The Morgan fingerprint density at radius 3 is 1.33 bits per heavy atom. The maximum atomic E-state index is 14.6. The molecule has 1 heterocycles. The lowest BCUT2D eigenvalue weighted by Crippen LogP contribution is -2.61. The molecule has 0 spiro atoms. The number of aliphatic hydroxyl groups is 2. The monoisotopic (exact) mass is 719 g/mol. The molecule has 0 aliphatic heterocycles. The highest BCUT2D eigenvalue weighted by atomic mass is 32.2. The zero-order chi connectivity index (χ0) is 33.3. The van der Waals surface area contributed by atoms with Crippen molar-refractivity contribution in [2.75, 3.05) is 36.2 Å². The van der Waals surface area contributed by atoms with Gasteiger partial charge in [0.25, 0.3) is 0 Å². The second-order valence-electron chi connectivity index (χ2n) is 9.13. The summed E-state index contributed by atoms with van der Waals surface area (Å²) in [6.07, 6.45) is -12.6. The average molecular weight is 720 g/mol. The summed E-state index contributed by atoms with van der Waals surface area (Å²) in [4.78, 5) is 38.5. The van der Waals surface area contributed by atoms with Gasteiger partial charge in [-0.15, -0.1) is 0 Å². The normalized spacial score (nSPS) is 13.0. The van der Waals surface area contributed by atoms with Crippen molar-refractivity contribution >= 4 is 23.5 Å². The fourth-order valence-electron chi connectivity index (χ4n) is 3.23. The first-order valence-corrected chi connectivity index (χ1v) is 14.9. The second kappa shape index (κ2) is 18.6. The third kappa shape index (κ3) is 11.8. The molecule has 268 valence electrons. The molecular formula is C24H39F10N3O6S2. The highest BCUT2D eigenvalue weighted by Crippen LogP contribution is 2.50. The van der Waals surface area contributed by atoms with E-state index < -0.39 is 78.2 Å². The van der Waals surface area contributed by atoms with Gasteiger partial charge in [-0.05, 0) is 48.7 Å². The Kier molecular flexibility index (Phi) is 18.8. The SMILES string of the molecule is C.C.CC(F)(F)C(F)(F)C(F)(F)OC(F)(F)C(F)(F)Cn1c(=O)n(CCCSCCCO)c(=O)n(CCCSCCCO)c1=O. The molecule has 0 saturated heterocycles. The van der Waals surface area contributed by atoms with Gasteiger partial charge in [0, 0.05) is 33.2 Å². The van der Waals surface area contributed by atoms with Crippen LogP contribution in [0.15, 0.2) is 14.4 Å². The largest absolute Gasteiger partial charge is 0.430 e. The van der Waals surface area contributed by atoms with Crippen molar-refractivity contribution in [3.63, 3.8) is 0 Å². The smallest absolute Gasteiger partial charge is 0.396 e. The molecule has 1 aromatic heterocycles. The van der Waals surface area contributed by atoms with E-state index in [0.717, 1.165) is 0 Å². The zero-order valence-electron chi connectivity index (χ0n) is 22.7. The number of nitrogens with zero attached hydrogens (tertiary/aromatic N) is 3. The zero-order valence-corrected chi connectivity index (χ0v) is 24.3. The van der Waals surface area contributed by atoms with Gasteiger partial charge in [0.05, 0.1) is 0 Å². The van der Waals surface area contributed by atoms with E-state index in [2.05, 4.69) is 4.74 Å². The van der Waals surface area contributed by atoms with Crippen LogP contribution >= 0.6 is 23.5 Å². The van der Waals surface area contributed by atoms with Gasteiger partial charge >= 0.3 is 47.1 Å². The number of aliphatic hydroxyl groups excluding tert-OH is 2. The van der Waals surface area contributed by atoms with Crippen LogP contribution in [0.3, 0.4) is 0 Å². The Morgan fingerprint density at radius 2 is 0.978 bits per heavy atom. The summed E-state index contributed by atoms with van der Waals surface area (Å²) in [5, 5.41) is 17.6. The first-order valence-electron chi connectivity index (χ1n) is 12.6. The topological polar surface area (TPSA) is 116 Å². The summed E-state index contributed by atoms with van der Waals surface area (Å²) < 4.78 is 140. The van der Waals surface area contributed by atoms with E-state index in [0.29, 0.717) is 24.3 Å². The lowest BCUT2D eigenvalue weighted by molar-refractivity contribution is -0.485. The number of hydrogen-bond donors (Lipinski definition) is 2. The van der Waals surface area contributed by atoms with Crippen LogP contribution in [-0.2, 0) is 24.4 Å². The van der Waals surface area contributed by atoms with Gasteiger partial charge in [0.2, 0.25) is 0 Å². The van der Waals surface area contributed by atoms with Crippen LogP contribution in [0.25, 0.3) is 0 Å². The first kappa shape index (κ1) is 45.4. The summed E-state index contributed by atoms with van der Waals surface area (Å²) in [6, 6.07) is 0. The van der Waals surface area contributed by atoms with E-state index >= 15 is 0 Å². The minimum Gasteiger partial charge on any atom is -0.396 e. The van der Waals surface area contributed by atoms with Crippen LogP contribution in [0.5, 0.6) is 0 Å². The van der Waals surface area contributed by atoms with E-state index in [4.69, 9.17) is 10.2 Å². The fraction of sp³-hybridized carbons (Fsp3) is 0.875. The lowest BCUT2D eigenvalue weighted by atomic mass is 10.2. The third-order valence-electron chi connectivity index (χ3n) is 5.58. The molecule has 0 bridgehead atoms. The Labute approximate surface area is 260 Å². The van der Waals surface area contributed by atoms with Crippen molar-refractivity contribution in [2.45, 2.75) is 97.1 Å². The van der Waals surface area contributed by atoms with E-state index in [1.807, 2.05) is 0 Å². The Hall–Kier alpha value is -1.71. The molecule has 45 heavy (non-hydrogen) atoms. The van der Waals surface area contributed by atoms with Crippen LogP contribution in [0.1, 0.15) is 47.5 Å². The number of aromatic nitrogens is 3. The molecule has 0 aliphatic carbocycles. The number of alkyl halides is 10. The third-order valence-corrected chi connectivity index (χ3v) is 7.88. The predicted molar refractivity (Wildman–Crippen MR) is 151 cm³/mol. The minimum atomic E-state index is -6.84. The van der Waals surface area contributed by atoms with Crippen molar-refractivity contribution in [2.24, 2.45) is 0 Å². The van der Waals surface area contributed by atoms with Crippen LogP contribution in [-0.4, -0.2) is 90.1 Å². The molecule has 9 nitrogen and oxygen atoms in total. The Morgan fingerprint density at radius 1 is 0.622 bits per heavy atom. The maximum Gasteiger partial charge on any atom is 0.430 e. The van der Waals surface area contributed by atoms with Gasteiger partial charge in [0.1, 0.15) is 6.54 Å². The Balaban J connectivity index is 0. The van der Waals surface area contributed by atoms with E-state index in [9.17, 15) is 58.3 Å². The molecule has 0 radical (unpaired) electrons. The number of halogens is 10. The van der Waals surface area contributed by atoms with Gasteiger partial charge in [-0.1, -0.05) is 14.9 Å². The summed E-state index contributed by atoms with van der Waals surface area (Å²) in [7, 11) is 0. The molecule has 0 fully saturated rings. The van der Waals surface area contributed by atoms with Crippen molar-refractivity contribution in [1.82, 2.24) is 13.7 Å². The number of rotatable bonds is 21. The molecule has 0 atom stereocenters. The van der Waals surface area contributed by atoms with Crippen molar-refractivity contribution in [1.29, 1.82) is 0 Å². The molecule has 1 rings (SSSR count). The van der Waals surface area contributed by atoms with Gasteiger partial charge < -0.3 is 10.2 Å². The summed E-state index contributed by atoms with van der Waals surface area (Å²) >= 11 is 2.54. The van der Waals surface area contributed by atoms with E-state index in [-0.39, 0.29) is 61.5 Å². The number of hydrogen-bond acceptors (Lipinski definition) is 8. The molecule has 0 aromatic carbocycles. The molecule has 0 unspecified atom stereocenters. The van der Waals surface area contributed by atoms with Crippen LogP contribution in [0.4, 0.5) is 43.9 Å². The van der Waals surface area contributed by atoms with Gasteiger partial charge in [0.15, 0.2) is 0 Å². The molecule has 1 aromatic rings. The highest BCUT2D eigenvalue weighted by Gasteiger charge is 2.75. The molecular weight excluding hydrogens is 680 g/mol. The summed E-state index contributed by atoms with van der Waals surface area (Å²) in [5.74, 6) is -17.0. The van der Waals surface area contributed by atoms with Gasteiger partial charge in [-0.25, -0.2) is 32.8 Å². The summed E-state index contributed by atoms with van der Waals surface area (Å²) in [6.45, 7) is -4.80. The second-order valence-corrected chi connectivity index (χ2v) is 11.6. The predicted octanol–water partition coefficient (Wildman–Crippen LogP) is 4.58. The van der Waals surface area contributed by atoms with Crippen LogP contribution in [0.2, 0.25) is 0 Å². The van der Waals surface area contributed by atoms with Crippen molar-refractivity contribution in [3.8, 4) is 0 Å². The van der Waals surface area contributed by atoms with Crippen LogP contribution in [0, 0.1) is 0 Å². The molecule has 0 aliphatic rings. The quantitative estimate of drug-likeness (QED) is 0.140. The summed E-state index contributed by atoms with van der Waals surface area (Å²) in [5.41, 5.74) is -5.00. The van der Waals surface area contributed by atoms with Crippen LogP contribution < -0.4 is 17.1 Å². The molecule has 2 N–H and O–H groups in total.